The highest BCUT2D eigenvalue weighted by atomic mass is 16.5. The van der Waals surface area contributed by atoms with Crippen LogP contribution in [0.1, 0.15) is 38.3 Å². The van der Waals surface area contributed by atoms with Crippen LogP contribution in [0.15, 0.2) is 24.5 Å². The molecule has 0 amide bonds. The summed E-state index contributed by atoms with van der Waals surface area (Å²) < 4.78 is 7.56. The summed E-state index contributed by atoms with van der Waals surface area (Å²) in [5.74, 6) is -0.170. The minimum Gasteiger partial charge on any atom is -0.490 e. The van der Waals surface area contributed by atoms with E-state index in [-0.39, 0.29) is 6.42 Å². The summed E-state index contributed by atoms with van der Waals surface area (Å²) in [4.78, 5) is 15.0. The minimum atomic E-state index is -0.879. The summed E-state index contributed by atoms with van der Waals surface area (Å²) in [7, 11) is 0. The Morgan fingerprint density at radius 1 is 1.40 bits per heavy atom. The molecule has 0 aliphatic rings. The van der Waals surface area contributed by atoms with E-state index in [9.17, 15) is 4.79 Å². The van der Waals surface area contributed by atoms with Gasteiger partial charge >= 0.3 is 5.97 Å². The molecule has 0 spiro atoms. The van der Waals surface area contributed by atoms with Crippen LogP contribution in [-0.2, 0) is 11.2 Å². The number of aliphatic carboxylic acids is 1. The van der Waals surface area contributed by atoms with Crippen LogP contribution in [0.5, 0.6) is 5.75 Å². The van der Waals surface area contributed by atoms with E-state index < -0.39 is 5.97 Å². The smallest absolute Gasteiger partial charge is 0.309 e. The van der Waals surface area contributed by atoms with Gasteiger partial charge in [-0.15, -0.1) is 0 Å². The van der Waals surface area contributed by atoms with Gasteiger partial charge in [0, 0.05) is 12.4 Å². The molecule has 2 rings (SSSR count). The van der Waals surface area contributed by atoms with E-state index >= 15 is 0 Å². The van der Waals surface area contributed by atoms with Gasteiger partial charge in [-0.1, -0.05) is 26.2 Å². The van der Waals surface area contributed by atoms with Crippen LogP contribution in [0.25, 0.3) is 5.65 Å². The summed E-state index contributed by atoms with van der Waals surface area (Å²) in [6, 6.07) is 3.74. The Morgan fingerprint density at radius 2 is 2.25 bits per heavy atom. The van der Waals surface area contributed by atoms with Crippen molar-refractivity contribution < 1.29 is 14.6 Å². The van der Waals surface area contributed by atoms with Gasteiger partial charge < -0.3 is 14.2 Å². The van der Waals surface area contributed by atoms with Crippen LogP contribution < -0.4 is 4.74 Å². The first-order valence-electron chi connectivity index (χ1n) is 7.02. The second-order valence-electron chi connectivity index (χ2n) is 4.82. The fourth-order valence-corrected chi connectivity index (χ4v) is 2.10. The van der Waals surface area contributed by atoms with Crippen LogP contribution in [0.2, 0.25) is 0 Å². The topological polar surface area (TPSA) is 63.8 Å². The van der Waals surface area contributed by atoms with Gasteiger partial charge in [-0.3, -0.25) is 4.79 Å². The Labute approximate surface area is 118 Å². The maximum absolute atomic E-state index is 10.7. The number of carboxylic acid groups (broad SMARTS) is 1. The minimum absolute atomic E-state index is 0.0718. The Kier molecular flexibility index (Phi) is 4.98. The van der Waals surface area contributed by atoms with E-state index in [1.807, 2.05) is 18.3 Å². The molecule has 0 aliphatic carbocycles. The molecule has 0 atom stereocenters. The van der Waals surface area contributed by atoms with Gasteiger partial charge in [-0.05, 0) is 18.6 Å². The van der Waals surface area contributed by atoms with Gasteiger partial charge in [0.15, 0.2) is 11.4 Å². The molecule has 20 heavy (non-hydrogen) atoms. The third-order valence-corrected chi connectivity index (χ3v) is 3.08. The lowest BCUT2D eigenvalue weighted by molar-refractivity contribution is -0.136. The van der Waals surface area contributed by atoms with Gasteiger partial charge in [0.2, 0.25) is 0 Å². The summed E-state index contributed by atoms with van der Waals surface area (Å²) in [5.41, 5.74) is 1.22. The molecule has 0 radical (unpaired) electrons. The van der Waals surface area contributed by atoms with Crippen LogP contribution in [-0.4, -0.2) is 27.1 Å². The van der Waals surface area contributed by atoms with Gasteiger partial charge in [0.25, 0.3) is 0 Å². The molecule has 108 valence electrons. The number of nitrogens with zero attached hydrogens (tertiary/aromatic N) is 2. The Hall–Kier alpha value is -2.04. The second kappa shape index (κ2) is 6.93. The van der Waals surface area contributed by atoms with Gasteiger partial charge in [-0.25, -0.2) is 4.98 Å². The van der Waals surface area contributed by atoms with Gasteiger partial charge in [-0.2, -0.15) is 0 Å². The Bertz CT molecular complexity index is 578. The van der Waals surface area contributed by atoms with E-state index in [1.54, 1.807) is 10.6 Å². The predicted molar refractivity (Wildman–Crippen MR) is 76.2 cm³/mol. The molecule has 0 unspecified atom stereocenters. The maximum Gasteiger partial charge on any atom is 0.309 e. The molecule has 5 nitrogen and oxygen atoms in total. The summed E-state index contributed by atoms with van der Waals surface area (Å²) in [6.07, 6.45) is 8.12. The number of pyridine rings is 1. The van der Waals surface area contributed by atoms with E-state index in [1.165, 1.54) is 19.3 Å². The molecular formula is C15H20N2O3. The number of carbonyl (C=O) groups is 1. The number of unbranched alkanes of at least 4 members (excludes halogenated alkanes) is 3. The van der Waals surface area contributed by atoms with Crippen molar-refractivity contribution in [2.75, 3.05) is 6.61 Å². The average Bonchev–Trinajstić information content (AvgIpc) is 2.80. The molecule has 2 aromatic rings. The van der Waals surface area contributed by atoms with Crippen molar-refractivity contribution in [3.63, 3.8) is 0 Å². The number of imidazole rings is 1. The molecule has 0 saturated heterocycles. The van der Waals surface area contributed by atoms with E-state index in [4.69, 9.17) is 9.84 Å². The molecule has 1 N–H and O–H groups in total. The van der Waals surface area contributed by atoms with Crippen molar-refractivity contribution in [1.29, 1.82) is 0 Å². The lowest BCUT2D eigenvalue weighted by Crippen LogP contribution is -2.00. The summed E-state index contributed by atoms with van der Waals surface area (Å²) >= 11 is 0. The summed E-state index contributed by atoms with van der Waals surface area (Å²) in [6.45, 7) is 2.84. The number of fused-ring (bicyclic) bond motifs is 1. The lowest BCUT2D eigenvalue weighted by atomic mass is 10.2. The highest BCUT2D eigenvalue weighted by Crippen LogP contribution is 2.19. The first kappa shape index (κ1) is 14.4. The quantitative estimate of drug-likeness (QED) is 0.753. The highest BCUT2D eigenvalue weighted by molar-refractivity contribution is 5.70. The second-order valence-corrected chi connectivity index (χ2v) is 4.82. The fraction of sp³-hybridized carbons (Fsp3) is 0.467. The molecule has 0 aliphatic heterocycles. The molecular weight excluding hydrogens is 256 g/mol. The number of carboxylic acids is 1. The number of hydrogen-bond acceptors (Lipinski definition) is 3. The number of aromatic nitrogens is 2. The van der Waals surface area contributed by atoms with E-state index in [0.29, 0.717) is 23.7 Å². The van der Waals surface area contributed by atoms with Crippen LogP contribution in [0, 0.1) is 0 Å². The zero-order valence-electron chi connectivity index (χ0n) is 11.7. The predicted octanol–water partition coefficient (Wildman–Crippen LogP) is 2.92. The Balaban J connectivity index is 2.04. The van der Waals surface area contributed by atoms with Crippen molar-refractivity contribution >= 4 is 11.6 Å². The first-order chi connectivity index (χ1) is 9.70. The first-order valence-corrected chi connectivity index (χ1v) is 7.02. The SMILES string of the molecule is CCCCCCOc1cccn2cc(CC(=O)O)nc12. The molecule has 0 fully saturated rings. The third kappa shape index (κ3) is 3.73. The van der Waals surface area contributed by atoms with Crippen molar-refractivity contribution in [1.82, 2.24) is 9.38 Å². The monoisotopic (exact) mass is 276 g/mol. The van der Waals surface area contributed by atoms with Crippen molar-refractivity contribution in [3.8, 4) is 5.75 Å². The molecule has 0 saturated carbocycles. The van der Waals surface area contributed by atoms with Crippen molar-refractivity contribution in [3.05, 3.63) is 30.2 Å². The standard InChI is InChI=1S/C15H20N2O3/c1-2-3-4-5-9-20-13-7-6-8-17-11-12(10-14(18)19)16-15(13)17/h6-8,11H,2-5,9-10H2,1H3,(H,18,19). The van der Waals surface area contributed by atoms with E-state index in [2.05, 4.69) is 11.9 Å². The molecule has 2 heterocycles. The molecule has 2 aromatic heterocycles. The third-order valence-electron chi connectivity index (χ3n) is 3.08. The fourth-order valence-electron chi connectivity index (χ4n) is 2.10. The van der Waals surface area contributed by atoms with Gasteiger partial charge in [0.05, 0.1) is 18.7 Å². The molecule has 0 bridgehead atoms. The van der Waals surface area contributed by atoms with Crippen LogP contribution in [0.4, 0.5) is 0 Å². The van der Waals surface area contributed by atoms with E-state index in [0.717, 1.165) is 6.42 Å². The maximum atomic E-state index is 10.7. The number of rotatable bonds is 8. The van der Waals surface area contributed by atoms with Crippen LogP contribution in [0.3, 0.4) is 0 Å². The zero-order valence-corrected chi connectivity index (χ0v) is 11.7. The van der Waals surface area contributed by atoms with Crippen molar-refractivity contribution in [2.24, 2.45) is 0 Å². The lowest BCUT2D eigenvalue weighted by Gasteiger charge is -2.06. The number of hydrogen-bond donors (Lipinski definition) is 1. The number of ether oxygens (including phenoxy) is 1. The zero-order chi connectivity index (χ0) is 14.4. The van der Waals surface area contributed by atoms with Gasteiger partial charge in [0.1, 0.15) is 0 Å². The van der Waals surface area contributed by atoms with Crippen LogP contribution >= 0.6 is 0 Å². The Morgan fingerprint density at radius 3 is 3.00 bits per heavy atom. The molecule has 0 aromatic carbocycles. The largest absolute Gasteiger partial charge is 0.490 e. The molecule has 5 heteroatoms. The highest BCUT2D eigenvalue weighted by Gasteiger charge is 2.09. The summed E-state index contributed by atoms with van der Waals surface area (Å²) in [5, 5.41) is 8.80. The normalized spacial score (nSPS) is 10.8. The van der Waals surface area contributed by atoms with Crippen molar-refractivity contribution in [2.45, 2.75) is 39.0 Å². The average molecular weight is 276 g/mol.